The summed E-state index contributed by atoms with van der Waals surface area (Å²) in [7, 11) is 2.97. The van der Waals surface area contributed by atoms with Crippen LogP contribution in [-0.4, -0.2) is 68.1 Å². The third-order valence-electron chi connectivity index (χ3n) is 6.59. The molecule has 2 aliphatic rings. The number of piperazine rings is 1. The lowest BCUT2D eigenvalue weighted by atomic mass is 9.95. The molecule has 2 heterocycles. The third-order valence-corrected chi connectivity index (χ3v) is 6.59. The Hall–Kier alpha value is -3.77. The number of nitrogens with one attached hydrogen (secondary N) is 1. The number of likely N-dealkylation sites (tertiary alicyclic amines) is 1. The summed E-state index contributed by atoms with van der Waals surface area (Å²) in [6, 6.07) is 15.4. The van der Waals surface area contributed by atoms with Gasteiger partial charge in [0.05, 0.1) is 49.2 Å². The monoisotopic (exact) mass is 464 g/mol. The van der Waals surface area contributed by atoms with Crippen molar-refractivity contribution in [2.75, 3.05) is 44.1 Å². The molecule has 3 atom stereocenters. The lowest BCUT2D eigenvalue weighted by Crippen LogP contribution is -2.48. The molecule has 2 bridgehead atoms. The first kappa shape index (κ1) is 23.4. The molecule has 2 N–H and O–H groups in total. The van der Waals surface area contributed by atoms with Gasteiger partial charge >= 0.3 is 12.1 Å². The number of methoxy groups -OCH3 is 2. The van der Waals surface area contributed by atoms with Crippen LogP contribution in [0.2, 0.25) is 0 Å². The van der Waals surface area contributed by atoms with Gasteiger partial charge in [-0.25, -0.2) is 4.79 Å². The van der Waals surface area contributed by atoms with Crippen molar-refractivity contribution < 1.29 is 24.2 Å². The van der Waals surface area contributed by atoms with E-state index in [1.807, 2.05) is 30.3 Å². The van der Waals surface area contributed by atoms with Crippen molar-refractivity contribution in [1.29, 1.82) is 5.26 Å². The Morgan fingerprint density at radius 3 is 2.53 bits per heavy atom. The average molecular weight is 465 g/mol. The zero-order chi connectivity index (χ0) is 24.2. The van der Waals surface area contributed by atoms with E-state index in [-0.39, 0.29) is 30.4 Å². The number of anilines is 3. The van der Waals surface area contributed by atoms with Gasteiger partial charge in [-0.3, -0.25) is 4.79 Å². The van der Waals surface area contributed by atoms with Gasteiger partial charge in [-0.2, -0.15) is 5.26 Å². The number of carboxylic acid groups (broad SMARTS) is 1. The van der Waals surface area contributed by atoms with Crippen LogP contribution in [0, 0.1) is 11.3 Å². The van der Waals surface area contributed by atoms with Crippen LogP contribution in [0.3, 0.4) is 0 Å². The molecule has 178 valence electrons. The zero-order valence-corrected chi connectivity index (χ0v) is 19.2. The van der Waals surface area contributed by atoms with Gasteiger partial charge in [-0.15, -0.1) is 0 Å². The molecule has 0 spiro atoms. The summed E-state index contributed by atoms with van der Waals surface area (Å²) in [6.07, 6.45) is 0.129. The van der Waals surface area contributed by atoms with Gasteiger partial charge in [0.2, 0.25) is 0 Å². The first-order chi connectivity index (χ1) is 16.4. The highest BCUT2D eigenvalue weighted by Crippen LogP contribution is 2.40. The van der Waals surface area contributed by atoms with E-state index in [1.54, 1.807) is 19.2 Å². The summed E-state index contributed by atoms with van der Waals surface area (Å²) in [5, 5.41) is 22.0. The quantitative estimate of drug-likeness (QED) is 0.570. The standard InChI is InChI=1S/C25H28N4O5/c1-33-15-18(10-24(30)34-2)17-5-8-23(28-13-21-11-20(28)14-29(21)25(31)32)22(9-17)27-19-6-3-16(12-26)4-7-19/h3-9,18,20-21,27H,10-11,13-15H2,1-2H3,(H,31,32). The number of amides is 1. The third kappa shape index (κ3) is 4.77. The van der Waals surface area contributed by atoms with Crippen LogP contribution >= 0.6 is 0 Å². The van der Waals surface area contributed by atoms with Crippen LogP contribution in [0.5, 0.6) is 0 Å². The number of carbonyl (C=O) groups is 2. The molecule has 9 nitrogen and oxygen atoms in total. The molecule has 0 saturated carbocycles. The second-order valence-corrected chi connectivity index (χ2v) is 8.65. The maximum absolute atomic E-state index is 12.0. The number of nitriles is 1. The molecule has 2 saturated heterocycles. The minimum absolute atomic E-state index is 0.0227. The first-order valence-electron chi connectivity index (χ1n) is 11.2. The normalized spacial score (nSPS) is 19.6. The predicted molar refractivity (Wildman–Crippen MR) is 126 cm³/mol. The highest BCUT2D eigenvalue weighted by atomic mass is 16.5. The van der Waals surface area contributed by atoms with Crippen molar-refractivity contribution in [3.05, 3.63) is 53.6 Å². The molecular weight excluding hydrogens is 436 g/mol. The zero-order valence-electron chi connectivity index (χ0n) is 19.2. The summed E-state index contributed by atoms with van der Waals surface area (Å²) < 4.78 is 10.2. The fourth-order valence-corrected chi connectivity index (χ4v) is 4.90. The maximum atomic E-state index is 12.0. The molecule has 3 unspecified atom stereocenters. The second-order valence-electron chi connectivity index (χ2n) is 8.65. The Bertz CT molecular complexity index is 1100. The summed E-state index contributed by atoms with van der Waals surface area (Å²) in [5.41, 5.74) is 4.15. The lowest BCUT2D eigenvalue weighted by molar-refractivity contribution is -0.141. The van der Waals surface area contributed by atoms with Crippen molar-refractivity contribution in [3.63, 3.8) is 0 Å². The van der Waals surface area contributed by atoms with Crippen LogP contribution in [0.1, 0.15) is 29.9 Å². The SMILES string of the molecule is COCC(CC(=O)OC)c1ccc(N2CC3CC2CN3C(=O)O)c(Nc2ccc(C#N)cc2)c1. The molecular formula is C25H28N4O5. The van der Waals surface area contributed by atoms with E-state index < -0.39 is 6.09 Å². The number of hydrogen-bond donors (Lipinski definition) is 2. The first-order valence-corrected chi connectivity index (χ1v) is 11.2. The van der Waals surface area contributed by atoms with Crippen LogP contribution in [0.15, 0.2) is 42.5 Å². The van der Waals surface area contributed by atoms with Gasteiger partial charge in [0.15, 0.2) is 0 Å². The van der Waals surface area contributed by atoms with E-state index in [0.29, 0.717) is 25.3 Å². The van der Waals surface area contributed by atoms with Gasteiger partial charge in [-0.05, 0) is 48.4 Å². The second kappa shape index (κ2) is 10.0. The molecule has 2 aliphatic heterocycles. The minimum atomic E-state index is -0.872. The number of nitrogens with zero attached hydrogens (tertiary/aromatic N) is 3. The van der Waals surface area contributed by atoms with Crippen LogP contribution in [0.4, 0.5) is 21.9 Å². The van der Waals surface area contributed by atoms with Crippen molar-refractivity contribution in [1.82, 2.24) is 4.90 Å². The average Bonchev–Trinajstić information content (AvgIpc) is 3.45. The predicted octanol–water partition coefficient (Wildman–Crippen LogP) is 3.54. The fraction of sp³-hybridized carbons (Fsp3) is 0.400. The number of benzene rings is 2. The molecule has 2 aromatic carbocycles. The maximum Gasteiger partial charge on any atom is 0.407 e. The van der Waals surface area contributed by atoms with E-state index in [2.05, 4.69) is 16.3 Å². The highest BCUT2D eigenvalue weighted by molar-refractivity contribution is 5.78. The molecule has 34 heavy (non-hydrogen) atoms. The summed E-state index contributed by atoms with van der Waals surface area (Å²) in [5.74, 6) is -0.483. The summed E-state index contributed by atoms with van der Waals surface area (Å²) >= 11 is 0. The number of esters is 1. The summed E-state index contributed by atoms with van der Waals surface area (Å²) in [4.78, 5) is 27.3. The van der Waals surface area contributed by atoms with Gasteiger partial charge in [0, 0.05) is 37.8 Å². The van der Waals surface area contributed by atoms with Crippen molar-refractivity contribution in [3.8, 4) is 6.07 Å². The smallest absolute Gasteiger partial charge is 0.407 e. The number of ether oxygens (including phenoxy) is 2. The van der Waals surface area contributed by atoms with Crippen LogP contribution in [-0.2, 0) is 14.3 Å². The molecule has 0 aliphatic carbocycles. The lowest BCUT2D eigenvalue weighted by Gasteiger charge is -2.35. The van der Waals surface area contributed by atoms with E-state index >= 15 is 0 Å². The van der Waals surface area contributed by atoms with Gasteiger partial charge in [0.1, 0.15) is 0 Å². The number of hydrogen-bond acceptors (Lipinski definition) is 7. The van der Waals surface area contributed by atoms with Gasteiger partial charge in [-0.1, -0.05) is 6.07 Å². The van der Waals surface area contributed by atoms with E-state index in [9.17, 15) is 14.7 Å². The molecule has 0 radical (unpaired) electrons. The minimum Gasteiger partial charge on any atom is -0.469 e. The Morgan fingerprint density at radius 2 is 1.94 bits per heavy atom. The van der Waals surface area contributed by atoms with Gasteiger partial charge < -0.3 is 29.7 Å². The van der Waals surface area contributed by atoms with Crippen molar-refractivity contribution in [2.45, 2.75) is 30.8 Å². The largest absolute Gasteiger partial charge is 0.469 e. The Labute approximate surface area is 198 Å². The van der Waals surface area contributed by atoms with E-state index in [1.165, 1.54) is 12.0 Å². The fourth-order valence-electron chi connectivity index (χ4n) is 4.90. The highest BCUT2D eigenvalue weighted by Gasteiger charge is 2.46. The molecule has 4 rings (SSSR count). The van der Waals surface area contributed by atoms with Crippen LogP contribution < -0.4 is 10.2 Å². The van der Waals surface area contributed by atoms with E-state index in [4.69, 9.17) is 14.7 Å². The van der Waals surface area contributed by atoms with Crippen molar-refractivity contribution in [2.24, 2.45) is 0 Å². The molecule has 0 aromatic heterocycles. The summed E-state index contributed by atoms with van der Waals surface area (Å²) in [6.45, 7) is 1.47. The number of rotatable bonds is 8. The van der Waals surface area contributed by atoms with Gasteiger partial charge in [0.25, 0.3) is 0 Å². The molecule has 2 aromatic rings. The molecule has 1 amide bonds. The Balaban J connectivity index is 1.67. The van der Waals surface area contributed by atoms with E-state index in [0.717, 1.165) is 29.0 Å². The molecule has 9 heteroatoms. The number of carbonyl (C=O) groups excluding carboxylic acids is 1. The number of fused-ring (bicyclic) bond motifs is 2. The van der Waals surface area contributed by atoms with Crippen molar-refractivity contribution >= 4 is 29.1 Å². The Morgan fingerprint density at radius 1 is 1.18 bits per heavy atom. The topological polar surface area (TPSA) is 115 Å². The molecule has 2 fully saturated rings. The van der Waals surface area contributed by atoms with Crippen LogP contribution in [0.25, 0.3) is 0 Å². The Kier molecular flexibility index (Phi) is 6.89.